The fourth-order valence-electron chi connectivity index (χ4n) is 1.56. The predicted molar refractivity (Wildman–Crippen MR) is 58.9 cm³/mol. The number of rotatable bonds is 0. The number of aromatic nitrogens is 1. The zero-order chi connectivity index (χ0) is 11.9. The van der Waals surface area contributed by atoms with Crippen molar-refractivity contribution < 1.29 is 13.2 Å². The molecule has 0 radical (unpaired) electrons. The number of H-pyrrole nitrogens is 1. The molecule has 1 N–H and O–H groups in total. The SMILES string of the molecule is Cc1cc(=S)c2ccc(C(F)(F)F)cc2[nH]1. The summed E-state index contributed by atoms with van der Waals surface area (Å²) in [5.41, 5.74) is 0.493. The van der Waals surface area contributed by atoms with Crippen LogP contribution in [0.25, 0.3) is 10.9 Å². The molecule has 0 amide bonds. The third-order valence-electron chi connectivity index (χ3n) is 2.29. The van der Waals surface area contributed by atoms with Gasteiger partial charge in [0, 0.05) is 21.1 Å². The third kappa shape index (κ3) is 1.95. The van der Waals surface area contributed by atoms with Gasteiger partial charge in [-0.05, 0) is 25.1 Å². The van der Waals surface area contributed by atoms with E-state index in [0.29, 0.717) is 15.4 Å². The largest absolute Gasteiger partial charge is 0.416 e. The minimum Gasteiger partial charge on any atom is -0.359 e. The first-order valence-electron chi connectivity index (χ1n) is 4.59. The molecule has 2 aromatic rings. The van der Waals surface area contributed by atoms with Crippen LogP contribution in [0.15, 0.2) is 24.3 Å². The standard InChI is InChI=1S/C11H8F3NS/c1-6-4-10(16)8-3-2-7(11(12,13)14)5-9(8)15-6/h2-5H,1H3,(H,15,16). The van der Waals surface area contributed by atoms with E-state index in [0.717, 1.165) is 17.8 Å². The highest BCUT2D eigenvalue weighted by molar-refractivity contribution is 7.71. The van der Waals surface area contributed by atoms with Crippen LogP contribution in [-0.2, 0) is 6.18 Å². The summed E-state index contributed by atoms with van der Waals surface area (Å²) < 4.78 is 38.0. The normalized spacial score (nSPS) is 12.0. The first-order chi connectivity index (χ1) is 7.38. The van der Waals surface area contributed by atoms with Crippen molar-refractivity contribution in [2.45, 2.75) is 13.1 Å². The van der Waals surface area contributed by atoms with Crippen molar-refractivity contribution in [1.29, 1.82) is 0 Å². The van der Waals surface area contributed by atoms with Gasteiger partial charge in [-0.25, -0.2) is 0 Å². The minimum absolute atomic E-state index is 0.417. The Bertz CT molecular complexity index is 598. The van der Waals surface area contributed by atoms with Gasteiger partial charge in [0.05, 0.1) is 5.56 Å². The number of fused-ring (bicyclic) bond motifs is 1. The molecule has 1 aromatic heterocycles. The molecule has 1 aromatic carbocycles. The van der Waals surface area contributed by atoms with Gasteiger partial charge < -0.3 is 4.98 Å². The van der Waals surface area contributed by atoms with Gasteiger partial charge in [-0.15, -0.1) is 0 Å². The number of pyridine rings is 1. The molecule has 0 unspecified atom stereocenters. The summed E-state index contributed by atoms with van der Waals surface area (Å²) in [6.45, 7) is 1.76. The van der Waals surface area contributed by atoms with Crippen molar-refractivity contribution in [1.82, 2.24) is 4.98 Å². The summed E-state index contributed by atoms with van der Waals surface area (Å²) in [6, 6.07) is 5.25. The number of hydrogen-bond acceptors (Lipinski definition) is 1. The fraction of sp³-hybridized carbons (Fsp3) is 0.182. The zero-order valence-electron chi connectivity index (χ0n) is 8.35. The van der Waals surface area contributed by atoms with E-state index < -0.39 is 11.7 Å². The van der Waals surface area contributed by atoms with Crippen LogP contribution in [0.1, 0.15) is 11.3 Å². The van der Waals surface area contributed by atoms with Crippen LogP contribution in [0.2, 0.25) is 0 Å². The molecule has 0 saturated carbocycles. The van der Waals surface area contributed by atoms with E-state index in [1.54, 1.807) is 13.0 Å². The maximum absolute atomic E-state index is 12.5. The maximum Gasteiger partial charge on any atom is 0.416 e. The molecule has 0 spiro atoms. The molecule has 16 heavy (non-hydrogen) atoms. The van der Waals surface area contributed by atoms with Gasteiger partial charge in [0.1, 0.15) is 0 Å². The highest BCUT2D eigenvalue weighted by Gasteiger charge is 2.30. The molecule has 0 aliphatic rings. The lowest BCUT2D eigenvalue weighted by Crippen LogP contribution is -2.04. The van der Waals surface area contributed by atoms with Crippen molar-refractivity contribution in [3.63, 3.8) is 0 Å². The fourth-order valence-corrected chi connectivity index (χ4v) is 1.92. The van der Waals surface area contributed by atoms with Crippen LogP contribution in [0.5, 0.6) is 0 Å². The summed E-state index contributed by atoms with van der Waals surface area (Å²) in [5.74, 6) is 0. The second-order valence-corrected chi connectivity index (χ2v) is 4.01. The summed E-state index contributed by atoms with van der Waals surface area (Å²) >= 11 is 5.08. The molecule has 84 valence electrons. The number of hydrogen-bond donors (Lipinski definition) is 1. The van der Waals surface area contributed by atoms with Crippen LogP contribution in [0, 0.1) is 11.4 Å². The lowest BCUT2D eigenvalue weighted by molar-refractivity contribution is -0.137. The Labute approximate surface area is 94.9 Å². The van der Waals surface area contributed by atoms with E-state index in [1.165, 1.54) is 6.07 Å². The smallest absolute Gasteiger partial charge is 0.359 e. The maximum atomic E-state index is 12.5. The topological polar surface area (TPSA) is 15.8 Å². The van der Waals surface area contributed by atoms with Gasteiger partial charge in [0.25, 0.3) is 0 Å². The van der Waals surface area contributed by atoms with E-state index in [2.05, 4.69) is 4.98 Å². The van der Waals surface area contributed by atoms with Gasteiger partial charge in [0.15, 0.2) is 0 Å². The van der Waals surface area contributed by atoms with Crippen LogP contribution in [0.3, 0.4) is 0 Å². The van der Waals surface area contributed by atoms with E-state index in [4.69, 9.17) is 12.2 Å². The summed E-state index contributed by atoms with van der Waals surface area (Å²) in [5, 5.41) is 0.633. The van der Waals surface area contributed by atoms with Crippen LogP contribution < -0.4 is 0 Å². The molecule has 0 aliphatic heterocycles. The molecule has 2 rings (SSSR count). The highest BCUT2D eigenvalue weighted by Crippen LogP contribution is 2.31. The number of nitrogens with one attached hydrogen (secondary N) is 1. The van der Waals surface area contributed by atoms with E-state index in [1.807, 2.05) is 0 Å². The number of aromatic amines is 1. The van der Waals surface area contributed by atoms with Gasteiger partial charge in [0.2, 0.25) is 0 Å². The number of benzene rings is 1. The Hall–Kier alpha value is -1.36. The van der Waals surface area contributed by atoms with Gasteiger partial charge in [-0.1, -0.05) is 18.3 Å². The highest BCUT2D eigenvalue weighted by atomic mass is 32.1. The van der Waals surface area contributed by atoms with E-state index >= 15 is 0 Å². The number of aryl methyl sites for hydroxylation is 1. The first kappa shape index (κ1) is 11.1. The Balaban J connectivity index is 2.76. The Kier molecular flexibility index (Phi) is 2.50. The second-order valence-electron chi connectivity index (χ2n) is 3.57. The Morgan fingerprint density at radius 3 is 2.50 bits per heavy atom. The average Bonchev–Trinajstić information content (AvgIpc) is 2.15. The van der Waals surface area contributed by atoms with Gasteiger partial charge in [-0.3, -0.25) is 0 Å². The number of halogens is 3. The van der Waals surface area contributed by atoms with Crippen molar-refractivity contribution in [2.75, 3.05) is 0 Å². The summed E-state index contributed by atoms with van der Waals surface area (Å²) in [4.78, 5) is 2.88. The molecular weight excluding hydrogens is 235 g/mol. The second kappa shape index (κ2) is 3.59. The zero-order valence-corrected chi connectivity index (χ0v) is 9.17. The number of alkyl halides is 3. The summed E-state index contributed by atoms with van der Waals surface area (Å²) in [6.07, 6.45) is -4.33. The van der Waals surface area contributed by atoms with Crippen molar-refractivity contribution in [2.24, 2.45) is 0 Å². The molecule has 0 saturated heterocycles. The van der Waals surface area contributed by atoms with Crippen LogP contribution in [-0.4, -0.2) is 4.98 Å². The van der Waals surface area contributed by atoms with E-state index in [9.17, 15) is 13.2 Å². The Morgan fingerprint density at radius 1 is 1.19 bits per heavy atom. The predicted octanol–water partition coefficient (Wildman–Crippen LogP) is 4.22. The molecule has 0 fully saturated rings. The van der Waals surface area contributed by atoms with Gasteiger partial charge >= 0.3 is 6.18 Å². The molecule has 0 bridgehead atoms. The van der Waals surface area contributed by atoms with Crippen molar-refractivity contribution in [3.05, 3.63) is 40.0 Å². The molecule has 0 atom stereocenters. The quantitative estimate of drug-likeness (QED) is 0.685. The molecule has 0 aliphatic carbocycles. The van der Waals surface area contributed by atoms with Crippen molar-refractivity contribution >= 4 is 23.1 Å². The van der Waals surface area contributed by atoms with Crippen molar-refractivity contribution in [3.8, 4) is 0 Å². The molecular formula is C11H8F3NS. The summed E-state index contributed by atoms with van der Waals surface area (Å²) in [7, 11) is 0. The lowest BCUT2D eigenvalue weighted by atomic mass is 10.1. The monoisotopic (exact) mass is 243 g/mol. The molecule has 1 heterocycles. The van der Waals surface area contributed by atoms with Crippen LogP contribution in [0.4, 0.5) is 13.2 Å². The first-order valence-corrected chi connectivity index (χ1v) is 4.99. The lowest BCUT2D eigenvalue weighted by Gasteiger charge is -2.08. The average molecular weight is 243 g/mol. The third-order valence-corrected chi connectivity index (χ3v) is 2.63. The molecule has 5 heteroatoms. The van der Waals surface area contributed by atoms with E-state index in [-0.39, 0.29) is 0 Å². The van der Waals surface area contributed by atoms with Gasteiger partial charge in [-0.2, -0.15) is 13.2 Å². The Morgan fingerprint density at radius 2 is 1.88 bits per heavy atom. The van der Waals surface area contributed by atoms with Crippen LogP contribution >= 0.6 is 12.2 Å². The minimum atomic E-state index is -4.33. The molecule has 1 nitrogen and oxygen atoms in total.